The monoisotopic (exact) mass is 740 g/mol. The third kappa shape index (κ3) is 6.58. The molecule has 11 nitrogen and oxygen atoms in total. The lowest BCUT2D eigenvalue weighted by atomic mass is 9.90. The van der Waals surface area contributed by atoms with Crippen molar-refractivity contribution in [1.82, 2.24) is 29.5 Å². The van der Waals surface area contributed by atoms with E-state index in [0.717, 1.165) is 36.7 Å². The number of alkyl halides is 3. The molecule has 0 radical (unpaired) electrons. The highest BCUT2D eigenvalue weighted by molar-refractivity contribution is 5.93. The van der Waals surface area contributed by atoms with Gasteiger partial charge in [-0.15, -0.1) is 5.92 Å². The maximum atomic E-state index is 15.7. The Bertz CT molecular complexity index is 2050. The van der Waals surface area contributed by atoms with Crippen LogP contribution in [-0.2, 0) is 37.0 Å². The van der Waals surface area contributed by atoms with Gasteiger partial charge >= 0.3 is 12.2 Å². The molecule has 6 heterocycles. The number of aromatic nitrogens is 4. The van der Waals surface area contributed by atoms with Gasteiger partial charge in [0.2, 0.25) is 0 Å². The van der Waals surface area contributed by atoms with Crippen molar-refractivity contribution in [2.75, 3.05) is 51.0 Å². The van der Waals surface area contributed by atoms with E-state index in [0.29, 0.717) is 73.7 Å². The number of hydrogen-bond donors (Lipinski definition) is 1. The Morgan fingerprint density at radius 1 is 1.21 bits per heavy atom. The Morgan fingerprint density at radius 3 is 2.72 bits per heavy atom. The van der Waals surface area contributed by atoms with Gasteiger partial charge in [0.15, 0.2) is 11.5 Å². The van der Waals surface area contributed by atoms with Gasteiger partial charge in [-0.1, -0.05) is 5.92 Å². The van der Waals surface area contributed by atoms with Crippen LogP contribution in [0.2, 0.25) is 0 Å². The molecule has 3 aromatic rings. The number of ether oxygens (including phenoxy) is 2. The van der Waals surface area contributed by atoms with Gasteiger partial charge in [-0.05, 0) is 57.7 Å². The lowest BCUT2D eigenvalue weighted by Crippen LogP contribution is -2.43. The van der Waals surface area contributed by atoms with E-state index in [1.165, 1.54) is 11.8 Å². The molecule has 0 spiro atoms. The molecule has 53 heavy (non-hydrogen) atoms. The van der Waals surface area contributed by atoms with Crippen LogP contribution in [0.1, 0.15) is 88.4 Å². The van der Waals surface area contributed by atoms with Crippen LogP contribution >= 0.6 is 0 Å². The number of nitrogens with two attached hydrogens (primary N) is 1. The number of anilines is 2. The number of halogens is 5. The number of carbonyl (C=O) groups is 1. The van der Waals surface area contributed by atoms with E-state index >= 15 is 4.39 Å². The lowest BCUT2D eigenvalue weighted by molar-refractivity contribution is -0.140. The summed E-state index contributed by atoms with van der Waals surface area (Å²) in [7, 11) is 3.33. The Hall–Kier alpha value is -4.75. The number of rotatable bonds is 6. The normalized spacial score (nSPS) is 22.2. The molecule has 0 saturated carbocycles. The average molecular weight is 741 g/mol. The van der Waals surface area contributed by atoms with Crippen molar-refractivity contribution in [3.05, 3.63) is 68.7 Å². The molecule has 1 unspecified atom stereocenters. The van der Waals surface area contributed by atoms with Crippen LogP contribution in [0.4, 0.5) is 33.5 Å². The summed E-state index contributed by atoms with van der Waals surface area (Å²) >= 11 is 0. The minimum atomic E-state index is -4.96. The smallest absolute Gasteiger partial charge is 0.418 e. The zero-order chi connectivity index (χ0) is 37.8. The summed E-state index contributed by atoms with van der Waals surface area (Å²) in [4.78, 5) is 28.2. The van der Waals surface area contributed by atoms with E-state index in [2.05, 4.69) is 21.8 Å². The zero-order valence-electron chi connectivity index (χ0n) is 30.0. The summed E-state index contributed by atoms with van der Waals surface area (Å²) in [6.07, 6.45) is -3.09. The minimum Gasteiger partial charge on any atom is -0.461 e. The molecule has 1 aromatic carbocycles. The van der Waals surface area contributed by atoms with Crippen LogP contribution in [-0.4, -0.2) is 81.3 Å². The van der Waals surface area contributed by atoms with Gasteiger partial charge in [0.05, 0.1) is 53.8 Å². The molecule has 2 aromatic heterocycles. The predicted molar refractivity (Wildman–Crippen MR) is 185 cm³/mol. The number of aryl methyl sites for hydroxylation is 1. The van der Waals surface area contributed by atoms with Crippen molar-refractivity contribution in [1.29, 1.82) is 0 Å². The lowest BCUT2D eigenvalue weighted by Gasteiger charge is -2.33. The Labute approximate surface area is 303 Å². The van der Waals surface area contributed by atoms with Gasteiger partial charge in [0.25, 0.3) is 5.91 Å². The second-order valence-corrected chi connectivity index (χ2v) is 14.3. The largest absolute Gasteiger partial charge is 0.461 e. The first-order valence-corrected chi connectivity index (χ1v) is 17.6. The van der Waals surface area contributed by atoms with Gasteiger partial charge in [-0.2, -0.15) is 28.2 Å². The number of benzene rings is 1. The second kappa shape index (κ2) is 13.9. The van der Waals surface area contributed by atoms with Crippen molar-refractivity contribution in [2.24, 2.45) is 0 Å². The van der Waals surface area contributed by atoms with Crippen molar-refractivity contribution in [3.8, 4) is 17.9 Å². The Morgan fingerprint density at radius 2 is 2.00 bits per heavy atom. The van der Waals surface area contributed by atoms with Crippen LogP contribution in [0, 0.1) is 24.6 Å². The van der Waals surface area contributed by atoms with Crippen molar-refractivity contribution >= 4 is 17.4 Å². The molecule has 0 aliphatic carbocycles. The molecule has 1 amide bonds. The Balaban J connectivity index is 1.30. The molecule has 0 bridgehead atoms. The average Bonchev–Trinajstić information content (AvgIpc) is 3.71. The molecule has 2 saturated heterocycles. The number of carbonyl (C=O) groups excluding carboxylic acids is 1. The van der Waals surface area contributed by atoms with E-state index in [-0.39, 0.29) is 31.6 Å². The topological polar surface area (TPSA) is 115 Å². The summed E-state index contributed by atoms with van der Waals surface area (Å²) in [5, 5.41) is 4.62. The number of nitrogens with zero attached hydrogens (tertiary/aromatic N) is 7. The van der Waals surface area contributed by atoms with E-state index in [1.807, 2.05) is 16.5 Å². The number of amides is 1. The van der Waals surface area contributed by atoms with Crippen LogP contribution in [0.25, 0.3) is 0 Å². The first-order valence-electron chi connectivity index (χ1n) is 17.6. The minimum absolute atomic E-state index is 0.00196. The van der Waals surface area contributed by atoms with Gasteiger partial charge in [-0.3, -0.25) is 14.4 Å². The molecule has 16 heteroatoms. The fourth-order valence-electron chi connectivity index (χ4n) is 8.17. The standard InChI is InChI=1S/C37H41F5N8O3/c1-5-8-23-13-25(43)31(39)29(30(23)37(40,41)42)28-14-26-24(19-52-28)33(45-35(44-26)53-20-36-9-6-11-49(36)17-22(15-36)16-38)48-10-7-12-50-27(18-48)21(2)32(46-50)34(51)47(3)4/h13,16,28H,6-7,9-12,14-15,17-20,43H2,1-4H3/b22-16+/t28?,36-/m0/s1. The number of nitrogen functional groups attached to an aromatic ring is 1. The number of fused-ring (bicyclic) bond motifs is 3. The molecular weight excluding hydrogens is 699 g/mol. The maximum absolute atomic E-state index is 15.7. The van der Waals surface area contributed by atoms with Crippen molar-refractivity contribution in [2.45, 2.75) is 83.5 Å². The molecule has 282 valence electrons. The number of hydrogen-bond acceptors (Lipinski definition) is 9. The summed E-state index contributed by atoms with van der Waals surface area (Å²) < 4.78 is 87.5. The molecule has 4 aliphatic rings. The molecule has 4 aliphatic heterocycles. The summed E-state index contributed by atoms with van der Waals surface area (Å²) in [6.45, 7) is 5.87. The first kappa shape index (κ1) is 36.6. The van der Waals surface area contributed by atoms with Crippen LogP contribution < -0.4 is 15.4 Å². The molecule has 7 rings (SSSR count). The van der Waals surface area contributed by atoms with Gasteiger partial charge < -0.3 is 25.0 Å². The molecule has 2 fully saturated rings. The van der Waals surface area contributed by atoms with Gasteiger partial charge in [-0.25, -0.2) is 8.78 Å². The zero-order valence-corrected chi connectivity index (χ0v) is 30.0. The highest BCUT2D eigenvalue weighted by atomic mass is 19.4. The van der Waals surface area contributed by atoms with Gasteiger partial charge in [0.1, 0.15) is 12.4 Å². The molecule has 2 N–H and O–H groups in total. The molecular formula is C37H41F5N8O3. The van der Waals surface area contributed by atoms with Crippen molar-refractivity contribution < 1.29 is 36.2 Å². The summed E-state index contributed by atoms with van der Waals surface area (Å²) in [6, 6.07) is 0.890. The highest BCUT2D eigenvalue weighted by Crippen LogP contribution is 2.45. The van der Waals surface area contributed by atoms with Gasteiger partial charge in [0, 0.05) is 62.4 Å². The Kier molecular flexibility index (Phi) is 9.60. The van der Waals surface area contributed by atoms with Crippen molar-refractivity contribution in [3.63, 3.8) is 0 Å². The third-order valence-corrected chi connectivity index (χ3v) is 10.7. The third-order valence-electron chi connectivity index (χ3n) is 10.7. The summed E-state index contributed by atoms with van der Waals surface area (Å²) in [5.74, 6) is 3.90. The summed E-state index contributed by atoms with van der Waals surface area (Å²) in [5.41, 5.74) is 6.01. The van der Waals surface area contributed by atoms with Crippen LogP contribution in [0.15, 0.2) is 18.0 Å². The van der Waals surface area contributed by atoms with Crippen LogP contribution in [0.5, 0.6) is 6.01 Å². The quantitative estimate of drug-likeness (QED) is 0.199. The maximum Gasteiger partial charge on any atom is 0.418 e. The van der Waals surface area contributed by atoms with E-state index in [1.54, 1.807) is 14.1 Å². The second-order valence-electron chi connectivity index (χ2n) is 14.3. The van der Waals surface area contributed by atoms with E-state index in [4.69, 9.17) is 25.2 Å². The first-order chi connectivity index (χ1) is 25.2. The fraction of sp³-hybridized carbons (Fsp3) is 0.514. The SMILES string of the molecule is CC#Cc1cc(N)c(F)c(C2Cc3nc(OC[C@@]45CCCN4C/C(=C/F)C5)nc(N4CCCn5nc(C(=O)N(C)C)c(C)c5C4)c3CO2)c1C(F)(F)F. The van der Waals surface area contributed by atoms with E-state index in [9.17, 15) is 22.4 Å². The molecule has 2 atom stereocenters. The predicted octanol–water partition coefficient (Wildman–Crippen LogP) is 5.49. The highest BCUT2D eigenvalue weighted by Gasteiger charge is 2.48. The van der Waals surface area contributed by atoms with E-state index < -0.39 is 46.0 Å². The fourth-order valence-corrected chi connectivity index (χ4v) is 8.17. The van der Waals surface area contributed by atoms with Crippen LogP contribution in [0.3, 0.4) is 0 Å².